The van der Waals surface area contributed by atoms with Gasteiger partial charge < -0.3 is 14.6 Å². The van der Waals surface area contributed by atoms with E-state index in [-0.39, 0.29) is 5.41 Å². The topological polar surface area (TPSA) is 38.7 Å². The molecule has 0 saturated heterocycles. The van der Waals surface area contributed by atoms with Crippen molar-refractivity contribution in [1.82, 2.24) is 0 Å². The van der Waals surface area contributed by atoms with Crippen LogP contribution < -0.4 is 9.47 Å². The maximum absolute atomic E-state index is 10.5. The van der Waals surface area contributed by atoms with Crippen molar-refractivity contribution in [3.63, 3.8) is 0 Å². The summed E-state index contributed by atoms with van der Waals surface area (Å²) in [6.07, 6.45) is 0.254. The van der Waals surface area contributed by atoms with Crippen LogP contribution in [0.1, 0.15) is 51.3 Å². The number of methoxy groups -OCH3 is 2. The zero-order chi connectivity index (χ0) is 15.5. The normalized spacial score (nSPS) is 14.8. The van der Waals surface area contributed by atoms with Crippen molar-refractivity contribution < 1.29 is 14.6 Å². The first-order valence-corrected chi connectivity index (χ1v) is 7.11. The molecule has 0 heterocycles. The van der Waals surface area contributed by atoms with Crippen molar-refractivity contribution in [2.75, 3.05) is 14.2 Å². The van der Waals surface area contributed by atoms with E-state index >= 15 is 0 Å². The lowest BCUT2D eigenvalue weighted by atomic mass is 9.78. The highest BCUT2D eigenvalue weighted by atomic mass is 16.5. The predicted molar refractivity (Wildman–Crippen MR) is 82.5 cm³/mol. The number of aliphatic hydroxyl groups excluding tert-OH is 1. The second-order valence-electron chi connectivity index (χ2n) is 6.58. The van der Waals surface area contributed by atoms with Gasteiger partial charge in [-0.05, 0) is 47.9 Å². The highest BCUT2D eigenvalue weighted by Gasteiger charge is 2.24. The van der Waals surface area contributed by atoms with Gasteiger partial charge in [0.15, 0.2) is 11.5 Å². The minimum Gasteiger partial charge on any atom is -0.493 e. The van der Waals surface area contributed by atoms with E-state index in [2.05, 4.69) is 27.7 Å². The van der Waals surface area contributed by atoms with Crippen molar-refractivity contribution in [3.8, 4) is 11.5 Å². The fourth-order valence-electron chi connectivity index (χ4n) is 2.17. The van der Waals surface area contributed by atoms with Gasteiger partial charge in [-0.1, -0.05) is 27.7 Å². The first-order valence-electron chi connectivity index (χ1n) is 7.11. The zero-order valence-corrected chi connectivity index (χ0v) is 13.8. The van der Waals surface area contributed by atoms with E-state index in [0.717, 1.165) is 17.5 Å². The second-order valence-corrected chi connectivity index (χ2v) is 6.58. The molecule has 0 amide bonds. The van der Waals surface area contributed by atoms with Gasteiger partial charge in [-0.15, -0.1) is 0 Å². The summed E-state index contributed by atoms with van der Waals surface area (Å²) in [4.78, 5) is 0. The summed E-state index contributed by atoms with van der Waals surface area (Å²) >= 11 is 0. The molecule has 2 unspecified atom stereocenters. The van der Waals surface area contributed by atoms with Crippen LogP contribution in [-0.4, -0.2) is 19.3 Å². The molecule has 1 aromatic carbocycles. The second kappa shape index (κ2) is 6.49. The molecule has 0 spiro atoms. The summed E-state index contributed by atoms with van der Waals surface area (Å²) in [6, 6.07) is 3.80. The molecule has 0 aromatic heterocycles. The van der Waals surface area contributed by atoms with Crippen molar-refractivity contribution in [2.24, 2.45) is 11.3 Å². The highest BCUT2D eigenvalue weighted by molar-refractivity contribution is 5.47. The van der Waals surface area contributed by atoms with Gasteiger partial charge in [0.1, 0.15) is 0 Å². The van der Waals surface area contributed by atoms with Gasteiger partial charge in [-0.3, -0.25) is 0 Å². The summed E-state index contributed by atoms with van der Waals surface area (Å²) in [5.41, 5.74) is 2.13. The number of aryl methyl sites for hydroxylation is 1. The van der Waals surface area contributed by atoms with Gasteiger partial charge in [0.05, 0.1) is 20.3 Å². The van der Waals surface area contributed by atoms with Gasteiger partial charge >= 0.3 is 0 Å². The molecule has 0 saturated carbocycles. The fourth-order valence-corrected chi connectivity index (χ4v) is 2.17. The van der Waals surface area contributed by atoms with Gasteiger partial charge in [-0.25, -0.2) is 0 Å². The number of aliphatic hydroxyl groups is 1. The summed E-state index contributed by atoms with van der Waals surface area (Å²) < 4.78 is 10.6. The average molecular weight is 280 g/mol. The Morgan fingerprint density at radius 2 is 1.60 bits per heavy atom. The molecule has 3 heteroatoms. The van der Waals surface area contributed by atoms with Crippen LogP contribution >= 0.6 is 0 Å². The standard InChI is InChI=1S/C17H28O3/c1-11-8-15(19-6)16(20-7)10-13(11)14(18)9-12(2)17(3,4)5/h8,10,12,14,18H,9H2,1-7H3. The van der Waals surface area contributed by atoms with E-state index in [9.17, 15) is 5.11 Å². The van der Waals surface area contributed by atoms with E-state index in [1.807, 2.05) is 19.1 Å². The lowest BCUT2D eigenvalue weighted by Crippen LogP contribution is -2.20. The molecule has 0 aliphatic heterocycles. The molecule has 1 aromatic rings. The molecule has 2 atom stereocenters. The van der Waals surface area contributed by atoms with Crippen molar-refractivity contribution >= 4 is 0 Å². The average Bonchev–Trinajstić information content (AvgIpc) is 2.36. The van der Waals surface area contributed by atoms with Crippen molar-refractivity contribution in [2.45, 2.75) is 47.1 Å². The number of hydrogen-bond acceptors (Lipinski definition) is 3. The molecular weight excluding hydrogens is 252 g/mol. The number of benzene rings is 1. The Bertz CT molecular complexity index is 446. The number of rotatable bonds is 5. The van der Waals surface area contributed by atoms with E-state index in [0.29, 0.717) is 17.4 Å². The first kappa shape index (κ1) is 16.8. The summed E-state index contributed by atoms with van der Waals surface area (Å²) in [5, 5.41) is 10.5. The van der Waals surface area contributed by atoms with E-state index in [1.165, 1.54) is 0 Å². The van der Waals surface area contributed by atoms with Gasteiger partial charge in [0.2, 0.25) is 0 Å². The predicted octanol–water partition coefficient (Wildman–Crippen LogP) is 4.12. The molecule has 0 bridgehead atoms. The molecule has 0 radical (unpaired) electrons. The van der Waals surface area contributed by atoms with Crippen LogP contribution in [0.4, 0.5) is 0 Å². The molecule has 1 N–H and O–H groups in total. The van der Waals surface area contributed by atoms with Crippen molar-refractivity contribution in [1.29, 1.82) is 0 Å². The largest absolute Gasteiger partial charge is 0.493 e. The van der Waals surface area contributed by atoms with Crippen LogP contribution in [0.25, 0.3) is 0 Å². The first-order chi connectivity index (χ1) is 9.20. The van der Waals surface area contributed by atoms with Crippen LogP contribution in [-0.2, 0) is 0 Å². The molecule has 0 aliphatic carbocycles. The number of ether oxygens (including phenoxy) is 2. The zero-order valence-electron chi connectivity index (χ0n) is 13.8. The Morgan fingerprint density at radius 1 is 1.10 bits per heavy atom. The molecule has 0 aliphatic rings. The Kier molecular flexibility index (Phi) is 5.46. The Hall–Kier alpha value is -1.22. The number of hydrogen-bond donors (Lipinski definition) is 1. The molecular formula is C17H28O3. The van der Waals surface area contributed by atoms with Crippen LogP contribution in [0.3, 0.4) is 0 Å². The smallest absolute Gasteiger partial charge is 0.161 e. The van der Waals surface area contributed by atoms with Gasteiger partial charge in [0, 0.05) is 0 Å². The minimum absolute atomic E-state index is 0.186. The van der Waals surface area contributed by atoms with Gasteiger partial charge in [-0.2, -0.15) is 0 Å². The Balaban J connectivity index is 3.01. The molecule has 1 rings (SSSR count). The van der Waals surface area contributed by atoms with E-state index in [4.69, 9.17) is 9.47 Å². The van der Waals surface area contributed by atoms with Crippen LogP contribution in [0, 0.1) is 18.3 Å². The summed E-state index contributed by atoms with van der Waals surface area (Å²) in [6.45, 7) is 10.8. The third-order valence-corrected chi connectivity index (χ3v) is 4.19. The fraction of sp³-hybridized carbons (Fsp3) is 0.647. The Labute approximate surface area is 122 Å². The van der Waals surface area contributed by atoms with Gasteiger partial charge in [0.25, 0.3) is 0 Å². The third-order valence-electron chi connectivity index (χ3n) is 4.19. The van der Waals surface area contributed by atoms with Crippen LogP contribution in [0.2, 0.25) is 0 Å². The highest BCUT2D eigenvalue weighted by Crippen LogP contribution is 2.37. The monoisotopic (exact) mass is 280 g/mol. The molecule has 3 nitrogen and oxygen atoms in total. The minimum atomic E-state index is -0.482. The maximum atomic E-state index is 10.5. The quantitative estimate of drug-likeness (QED) is 0.882. The molecule has 114 valence electrons. The van der Waals surface area contributed by atoms with Crippen molar-refractivity contribution in [3.05, 3.63) is 23.3 Å². The Morgan fingerprint density at radius 3 is 2.05 bits per heavy atom. The van der Waals surface area contributed by atoms with Crippen LogP contribution in [0.5, 0.6) is 11.5 Å². The van der Waals surface area contributed by atoms with E-state index in [1.54, 1.807) is 14.2 Å². The third kappa shape index (κ3) is 3.89. The molecule has 0 fully saturated rings. The summed E-state index contributed by atoms with van der Waals surface area (Å²) in [7, 11) is 3.23. The SMILES string of the molecule is COc1cc(C)c(C(O)CC(C)C(C)(C)C)cc1OC. The van der Waals surface area contributed by atoms with E-state index < -0.39 is 6.10 Å². The lowest BCUT2D eigenvalue weighted by Gasteiger charge is -2.29. The van der Waals surface area contributed by atoms with Crippen LogP contribution in [0.15, 0.2) is 12.1 Å². The summed E-state index contributed by atoms with van der Waals surface area (Å²) in [5.74, 6) is 1.78. The molecule has 20 heavy (non-hydrogen) atoms. The lowest BCUT2D eigenvalue weighted by molar-refractivity contribution is 0.110. The maximum Gasteiger partial charge on any atom is 0.161 e.